The Kier molecular flexibility index (Phi) is 11.3. The maximum Gasteiger partial charge on any atom is 0.243 e. The molecule has 7 nitrogen and oxygen atoms in total. The summed E-state index contributed by atoms with van der Waals surface area (Å²) in [6.07, 6.45) is 1.43. The molecule has 0 bridgehead atoms. The minimum absolute atomic E-state index is 0.0305. The lowest BCUT2D eigenvalue weighted by Crippen LogP contribution is -2.51. The van der Waals surface area contributed by atoms with Crippen molar-refractivity contribution in [2.75, 3.05) is 17.1 Å². The van der Waals surface area contributed by atoms with E-state index < -0.39 is 21.9 Å². The third-order valence-corrected chi connectivity index (χ3v) is 7.95. The fraction of sp³-hybridized carbons (Fsp3) is 0.333. The number of anilines is 1. The third kappa shape index (κ3) is 9.16. The minimum Gasteiger partial charge on any atom is -0.352 e. The number of carbonyl (C=O) groups excluding carboxylic acids is 2. The van der Waals surface area contributed by atoms with E-state index in [1.807, 2.05) is 68.4 Å². The SMILES string of the molecule is CC(C)NC(=O)C(Cc1ccccc1)N(Cc1ccc(Br)cc1)C(=O)CCCN(c1ccccc1F)S(C)(=O)=O. The number of para-hydroxylation sites is 1. The molecule has 40 heavy (non-hydrogen) atoms. The first-order chi connectivity index (χ1) is 19.0. The molecule has 10 heteroatoms. The number of benzene rings is 3. The lowest BCUT2D eigenvalue weighted by Gasteiger charge is -2.32. The summed E-state index contributed by atoms with van der Waals surface area (Å²) in [6, 6.07) is 21.7. The number of amides is 2. The van der Waals surface area contributed by atoms with Crippen LogP contribution in [0.15, 0.2) is 83.3 Å². The number of carbonyl (C=O) groups is 2. The molecular formula is C30H35BrFN3O4S. The number of sulfonamides is 1. The van der Waals surface area contributed by atoms with Gasteiger partial charge in [-0.25, -0.2) is 12.8 Å². The molecule has 1 N–H and O–H groups in total. The molecule has 0 saturated carbocycles. The minimum atomic E-state index is -3.80. The summed E-state index contributed by atoms with van der Waals surface area (Å²) >= 11 is 3.43. The Hall–Kier alpha value is -3.24. The first-order valence-corrected chi connectivity index (χ1v) is 15.7. The average molecular weight is 633 g/mol. The van der Waals surface area contributed by atoms with E-state index in [1.54, 1.807) is 11.0 Å². The van der Waals surface area contributed by atoms with E-state index in [0.29, 0.717) is 6.42 Å². The van der Waals surface area contributed by atoms with Gasteiger partial charge in [0, 0.05) is 36.4 Å². The van der Waals surface area contributed by atoms with Gasteiger partial charge in [0.05, 0.1) is 11.9 Å². The molecule has 3 aromatic rings. The largest absolute Gasteiger partial charge is 0.352 e. The first kappa shape index (κ1) is 31.3. The molecule has 0 radical (unpaired) electrons. The predicted octanol–water partition coefficient (Wildman–Crippen LogP) is 5.30. The second kappa shape index (κ2) is 14.4. The van der Waals surface area contributed by atoms with Crippen molar-refractivity contribution in [2.45, 2.75) is 51.7 Å². The van der Waals surface area contributed by atoms with Crippen molar-refractivity contribution in [2.24, 2.45) is 0 Å². The highest BCUT2D eigenvalue weighted by Crippen LogP contribution is 2.23. The van der Waals surface area contributed by atoms with E-state index in [4.69, 9.17) is 0 Å². The van der Waals surface area contributed by atoms with Crippen molar-refractivity contribution < 1.29 is 22.4 Å². The van der Waals surface area contributed by atoms with Crippen LogP contribution in [0.3, 0.4) is 0 Å². The fourth-order valence-corrected chi connectivity index (χ4v) is 5.59. The summed E-state index contributed by atoms with van der Waals surface area (Å²) in [7, 11) is -3.80. The van der Waals surface area contributed by atoms with Gasteiger partial charge in [-0.2, -0.15) is 0 Å². The van der Waals surface area contributed by atoms with E-state index >= 15 is 0 Å². The van der Waals surface area contributed by atoms with Crippen LogP contribution in [0.2, 0.25) is 0 Å². The summed E-state index contributed by atoms with van der Waals surface area (Å²) in [6.45, 7) is 3.83. The van der Waals surface area contributed by atoms with Crippen LogP contribution in [-0.2, 0) is 32.6 Å². The van der Waals surface area contributed by atoms with Crippen LogP contribution in [0.25, 0.3) is 0 Å². The summed E-state index contributed by atoms with van der Waals surface area (Å²) in [5, 5.41) is 2.95. The molecule has 0 aliphatic heterocycles. The molecule has 0 aliphatic rings. The Bertz CT molecular complexity index is 1390. The molecular weight excluding hydrogens is 597 g/mol. The van der Waals surface area contributed by atoms with Gasteiger partial charge in [-0.3, -0.25) is 13.9 Å². The van der Waals surface area contributed by atoms with Gasteiger partial charge in [-0.15, -0.1) is 0 Å². The third-order valence-electron chi connectivity index (χ3n) is 6.24. The molecule has 1 atom stereocenters. The Balaban J connectivity index is 1.88. The van der Waals surface area contributed by atoms with Crippen LogP contribution >= 0.6 is 15.9 Å². The van der Waals surface area contributed by atoms with Crippen molar-refractivity contribution in [3.8, 4) is 0 Å². The monoisotopic (exact) mass is 631 g/mol. The number of nitrogens with one attached hydrogen (secondary N) is 1. The normalized spacial score (nSPS) is 12.2. The second-order valence-electron chi connectivity index (χ2n) is 9.91. The molecule has 1 unspecified atom stereocenters. The number of nitrogens with zero attached hydrogens (tertiary/aromatic N) is 2. The van der Waals surface area contributed by atoms with Crippen LogP contribution in [0.4, 0.5) is 10.1 Å². The molecule has 214 valence electrons. The second-order valence-corrected chi connectivity index (χ2v) is 12.7. The zero-order valence-corrected chi connectivity index (χ0v) is 25.3. The van der Waals surface area contributed by atoms with E-state index in [9.17, 15) is 22.4 Å². The Morgan fingerprint density at radius 2 is 1.55 bits per heavy atom. The van der Waals surface area contributed by atoms with Crippen molar-refractivity contribution in [1.82, 2.24) is 10.2 Å². The molecule has 0 aliphatic carbocycles. The molecule has 0 spiro atoms. The quantitative estimate of drug-likeness (QED) is 0.277. The van der Waals surface area contributed by atoms with Gasteiger partial charge in [0.15, 0.2) is 0 Å². The molecule has 3 aromatic carbocycles. The van der Waals surface area contributed by atoms with Crippen molar-refractivity contribution >= 4 is 43.5 Å². The number of halogens is 2. The van der Waals surface area contributed by atoms with Crippen LogP contribution < -0.4 is 9.62 Å². The summed E-state index contributed by atoms with van der Waals surface area (Å²) in [4.78, 5) is 28.8. The predicted molar refractivity (Wildman–Crippen MR) is 160 cm³/mol. The molecule has 0 fully saturated rings. The van der Waals surface area contributed by atoms with Gasteiger partial charge in [-0.1, -0.05) is 70.5 Å². The lowest BCUT2D eigenvalue weighted by molar-refractivity contribution is -0.141. The van der Waals surface area contributed by atoms with Gasteiger partial charge >= 0.3 is 0 Å². The smallest absolute Gasteiger partial charge is 0.243 e. The lowest BCUT2D eigenvalue weighted by atomic mass is 10.0. The van der Waals surface area contributed by atoms with Crippen LogP contribution in [0.5, 0.6) is 0 Å². The standard InChI is InChI=1S/C30H35BrFN3O4S/c1-22(2)33-30(37)28(20-23-10-5-4-6-11-23)34(21-24-15-17-25(31)18-16-24)29(36)14-9-19-35(40(3,38)39)27-13-8-7-12-26(27)32/h4-8,10-13,15-18,22,28H,9,14,19-21H2,1-3H3,(H,33,37). The summed E-state index contributed by atoms with van der Waals surface area (Å²) in [5.74, 6) is -1.23. The van der Waals surface area contributed by atoms with Crippen molar-refractivity contribution in [1.29, 1.82) is 0 Å². The fourth-order valence-electron chi connectivity index (χ4n) is 4.36. The highest BCUT2D eigenvalue weighted by molar-refractivity contribution is 9.10. The van der Waals surface area contributed by atoms with E-state index in [1.165, 1.54) is 18.2 Å². The molecule has 0 saturated heterocycles. The maximum atomic E-state index is 14.4. The van der Waals surface area contributed by atoms with Gasteiger partial charge in [0.1, 0.15) is 11.9 Å². The average Bonchev–Trinajstić information content (AvgIpc) is 2.89. The zero-order valence-electron chi connectivity index (χ0n) is 22.9. The van der Waals surface area contributed by atoms with E-state index in [2.05, 4.69) is 21.2 Å². The Morgan fingerprint density at radius 1 is 0.925 bits per heavy atom. The molecule has 2 amide bonds. The van der Waals surface area contributed by atoms with Crippen molar-refractivity contribution in [3.05, 3.63) is 100 Å². The highest BCUT2D eigenvalue weighted by Gasteiger charge is 2.31. The Labute approximate surface area is 244 Å². The molecule has 0 aromatic heterocycles. The van der Waals surface area contributed by atoms with Gasteiger partial charge in [0.2, 0.25) is 21.8 Å². The topological polar surface area (TPSA) is 86.8 Å². The van der Waals surface area contributed by atoms with E-state index in [-0.39, 0.29) is 49.5 Å². The summed E-state index contributed by atoms with van der Waals surface area (Å²) in [5.41, 5.74) is 1.68. The molecule has 3 rings (SSSR count). The van der Waals surface area contributed by atoms with Crippen LogP contribution in [0.1, 0.15) is 37.8 Å². The maximum absolute atomic E-state index is 14.4. The number of hydrogen-bond donors (Lipinski definition) is 1. The molecule has 0 heterocycles. The van der Waals surface area contributed by atoms with Gasteiger partial charge in [0.25, 0.3) is 0 Å². The highest BCUT2D eigenvalue weighted by atomic mass is 79.9. The first-order valence-electron chi connectivity index (χ1n) is 13.1. The number of rotatable bonds is 13. The van der Waals surface area contributed by atoms with Crippen LogP contribution in [-0.4, -0.2) is 50.0 Å². The zero-order chi connectivity index (χ0) is 29.3. The van der Waals surface area contributed by atoms with Gasteiger partial charge < -0.3 is 10.2 Å². The summed E-state index contributed by atoms with van der Waals surface area (Å²) < 4.78 is 41.2. The number of hydrogen-bond acceptors (Lipinski definition) is 4. The van der Waals surface area contributed by atoms with Gasteiger partial charge in [-0.05, 0) is 55.7 Å². The van der Waals surface area contributed by atoms with E-state index in [0.717, 1.165) is 26.2 Å². The van der Waals surface area contributed by atoms with Crippen molar-refractivity contribution in [3.63, 3.8) is 0 Å². The Morgan fingerprint density at radius 3 is 2.15 bits per heavy atom. The van der Waals surface area contributed by atoms with Crippen LogP contribution in [0, 0.1) is 5.82 Å².